The first kappa shape index (κ1) is 23.7. The Morgan fingerprint density at radius 1 is 1.09 bits per heavy atom. The molecule has 0 spiro atoms. The molecule has 1 N–H and O–H groups in total. The van der Waals surface area contributed by atoms with Gasteiger partial charge in [0, 0.05) is 12.2 Å². The Hall–Kier alpha value is -2.94. The van der Waals surface area contributed by atoms with Crippen LogP contribution in [0.3, 0.4) is 0 Å². The molecule has 0 aliphatic rings. The number of hydrogen-bond donors (Lipinski definition) is 1. The molecule has 1 heterocycles. The number of ether oxygens (including phenoxy) is 1. The summed E-state index contributed by atoms with van der Waals surface area (Å²) in [6.07, 6.45) is -0.426. The summed E-state index contributed by atoms with van der Waals surface area (Å²) < 4.78 is 34.5. The van der Waals surface area contributed by atoms with E-state index in [1.165, 1.54) is 36.0 Å². The predicted octanol–water partition coefficient (Wildman–Crippen LogP) is 5.39. The number of nitrogens with one attached hydrogen (secondary N) is 1. The molecule has 3 aromatic rings. The molecule has 1 amide bonds. The van der Waals surface area contributed by atoms with Crippen LogP contribution in [0.1, 0.15) is 38.3 Å². The number of thioether (sulfide) groups is 1. The highest BCUT2D eigenvalue weighted by Gasteiger charge is 2.21. The lowest BCUT2D eigenvalue weighted by Crippen LogP contribution is -2.17. The number of carbonyl (C=O) groups excluding carboxylic acids is 1. The van der Waals surface area contributed by atoms with Gasteiger partial charge in [0.15, 0.2) is 17.1 Å². The maximum Gasteiger partial charge on any atom is 0.234 e. The fourth-order valence-electron chi connectivity index (χ4n) is 3.06. The first-order chi connectivity index (χ1) is 15.2. The molecule has 1 atom stereocenters. The van der Waals surface area contributed by atoms with Gasteiger partial charge >= 0.3 is 0 Å². The van der Waals surface area contributed by atoms with Gasteiger partial charge in [-0.1, -0.05) is 31.7 Å². The van der Waals surface area contributed by atoms with E-state index in [1.807, 2.05) is 11.5 Å². The van der Waals surface area contributed by atoms with Crippen LogP contribution in [-0.2, 0) is 11.3 Å². The van der Waals surface area contributed by atoms with Crippen molar-refractivity contribution in [1.29, 1.82) is 0 Å². The Morgan fingerprint density at radius 3 is 2.47 bits per heavy atom. The first-order valence-corrected chi connectivity index (χ1v) is 11.3. The molecule has 1 aromatic heterocycles. The van der Waals surface area contributed by atoms with Gasteiger partial charge < -0.3 is 14.6 Å². The van der Waals surface area contributed by atoms with Gasteiger partial charge in [-0.05, 0) is 61.7 Å². The van der Waals surface area contributed by atoms with Crippen molar-refractivity contribution in [3.05, 3.63) is 65.5 Å². The fourth-order valence-corrected chi connectivity index (χ4v) is 3.81. The average Bonchev–Trinajstić information content (AvgIpc) is 3.13. The molecule has 0 radical (unpaired) electrons. The summed E-state index contributed by atoms with van der Waals surface area (Å²) in [6, 6.07) is 10.1. The third kappa shape index (κ3) is 6.29. The number of hydrogen-bond acceptors (Lipinski definition) is 5. The molecule has 0 saturated heterocycles. The van der Waals surface area contributed by atoms with E-state index in [0.717, 1.165) is 5.56 Å². The van der Waals surface area contributed by atoms with Gasteiger partial charge in [-0.3, -0.25) is 4.79 Å². The molecule has 0 fully saturated rings. The minimum atomic E-state index is -0.426. The highest BCUT2D eigenvalue weighted by Crippen LogP contribution is 2.26. The molecular weight excluding hydrogens is 434 g/mol. The van der Waals surface area contributed by atoms with E-state index < -0.39 is 11.9 Å². The zero-order valence-electron chi connectivity index (χ0n) is 18.4. The minimum absolute atomic E-state index is 0.0966. The Morgan fingerprint density at radius 2 is 1.78 bits per heavy atom. The summed E-state index contributed by atoms with van der Waals surface area (Å²) in [7, 11) is 0. The van der Waals surface area contributed by atoms with Gasteiger partial charge in [0.1, 0.15) is 17.4 Å². The Balaban J connectivity index is 1.70. The van der Waals surface area contributed by atoms with Crippen LogP contribution in [0.15, 0.2) is 47.6 Å². The topological polar surface area (TPSA) is 69.0 Å². The molecule has 1 unspecified atom stereocenters. The average molecular weight is 461 g/mol. The molecule has 3 rings (SSSR count). The predicted molar refractivity (Wildman–Crippen MR) is 121 cm³/mol. The van der Waals surface area contributed by atoms with Crippen LogP contribution in [-0.4, -0.2) is 26.4 Å². The number of aryl methyl sites for hydroxylation is 1. The number of rotatable bonds is 9. The number of carbonyl (C=O) groups is 1. The van der Waals surface area contributed by atoms with Crippen molar-refractivity contribution in [1.82, 2.24) is 14.8 Å². The van der Waals surface area contributed by atoms with Gasteiger partial charge in [0.2, 0.25) is 5.91 Å². The van der Waals surface area contributed by atoms with Crippen LogP contribution in [0, 0.1) is 24.5 Å². The van der Waals surface area contributed by atoms with E-state index in [-0.39, 0.29) is 17.5 Å². The van der Waals surface area contributed by atoms with E-state index in [1.54, 1.807) is 25.1 Å². The SMILES string of the molecule is Cc1ccc(F)cc1NC(=O)CSc1nnc(C(C)Oc2ccc(F)cc2)n1CC(C)C. The van der Waals surface area contributed by atoms with Crippen LogP contribution in [0.5, 0.6) is 5.75 Å². The molecule has 2 aromatic carbocycles. The summed E-state index contributed by atoms with van der Waals surface area (Å²) in [5.41, 5.74) is 1.23. The van der Waals surface area contributed by atoms with Crippen molar-refractivity contribution in [3.8, 4) is 5.75 Å². The lowest BCUT2D eigenvalue weighted by Gasteiger charge is -2.18. The van der Waals surface area contributed by atoms with E-state index in [2.05, 4.69) is 29.4 Å². The zero-order chi connectivity index (χ0) is 23.3. The van der Waals surface area contributed by atoms with E-state index >= 15 is 0 Å². The second-order valence-electron chi connectivity index (χ2n) is 7.86. The summed E-state index contributed by atoms with van der Waals surface area (Å²) >= 11 is 1.25. The van der Waals surface area contributed by atoms with E-state index in [0.29, 0.717) is 34.9 Å². The number of anilines is 1. The van der Waals surface area contributed by atoms with Crippen LogP contribution < -0.4 is 10.1 Å². The third-order valence-electron chi connectivity index (χ3n) is 4.59. The highest BCUT2D eigenvalue weighted by atomic mass is 32.2. The zero-order valence-corrected chi connectivity index (χ0v) is 19.2. The minimum Gasteiger partial charge on any atom is -0.483 e. The molecule has 0 aliphatic carbocycles. The molecule has 0 bridgehead atoms. The van der Waals surface area contributed by atoms with Crippen LogP contribution in [0.25, 0.3) is 0 Å². The lowest BCUT2D eigenvalue weighted by molar-refractivity contribution is -0.113. The largest absolute Gasteiger partial charge is 0.483 e. The first-order valence-electron chi connectivity index (χ1n) is 10.3. The summed E-state index contributed by atoms with van der Waals surface area (Å²) in [5, 5.41) is 11.9. The molecule has 32 heavy (non-hydrogen) atoms. The monoisotopic (exact) mass is 460 g/mol. The summed E-state index contributed by atoms with van der Waals surface area (Å²) in [5.74, 6) is 0.544. The maximum atomic E-state index is 13.5. The van der Waals surface area contributed by atoms with Gasteiger partial charge in [-0.2, -0.15) is 0 Å². The Bertz CT molecular complexity index is 1070. The fraction of sp³-hybridized carbons (Fsp3) is 0.348. The van der Waals surface area contributed by atoms with Crippen LogP contribution >= 0.6 is 11.8 Å². The van der Waals surface area contributed by atoms with Crippen molar-refractivity contribution in [2.45, 2.75) is 45.5 Å². The summed E-state index contributed by atoms with van der Waals surface area (Å²) in [4.78, 5) is 12.4. The number of halogens is 2. The smallest absolute Gasteiger partial charge is 0.234 e. The Kier molecular flexibility index (Phi) is 7.84. The molecule has 0 saturated carbocycles. The van der Waals surface area contributed by atoms with Gasteiger partial charge in [-0.25, -0.2) is 8.78 Å². The number of benzene rings is 2. The normalized spacial score (nSPS) is 12.1. The van der Waals surface area contributed by atoms with Gasteiger partial charge in [-0.15, -0.1) is 10.2 Å². The van der Waals surface area contributed by atoms with Gasteiger partial charge in [0.25, 0.3) is 0 Å². The molecule has 9 heteroatoms. The quantitative estimate of drug-likeness (QED) is 0.434. The highest BCUT2D eigenvalue weighted by molar-refractivity contribution is 7.99. The van der Waals surface area contributed by atoms with Crippen molar-refractivity contribution in [2.75, 3.05) is 11.1 Å². The van der Waals surface area contributed by atoms with Crippen molar-refractivity contribution < 1.29 is 18.3 Å². The van der Waals surface area contributed by atoms with E-state index in [9.17, 15) is 13.6 Å². The van der Waals surface area contributed by atoms with Gasteiger partial charge in [0.05, 0.1) is 5.75 Å². The van der Waals surface area contributed by atoms with Crippen molar-refractivity contribution in [2.24, 2.45) is 5.92 Å². The van der Waals surface area contributed by atoms with Crippen LogP contribution in [0.2, 0.25) is 0 Å². The lowest BCUT2D eigenvalue weighted by atomic mass is 10.2. The third-order valence-corrected chi connectivity index (χ3v) is 5.56. The van der Waals surface area contributed by atoms with Crippen LogP contribution in [0.4, 0.5) is 14.5 Å². The summed E-state index contributed by atoms with van der Waals surface area (Å²) in [6.45, 7) is 8.44. The number of aromatic nitrogens is 3. The standard InChI is InChI=1S/C23H26F2N4O2S/c1-14(2)12-29-22(16(4)31-19-9-7-17(24)8-10-19)27-28-23(29)32-13-21(30)26-20-11-18(25)6-5-15(20)3/h5-11,14,16H,12-13H2,1-4H3,(H,26,30). The number of nitrogens with zero attached hydrogens (tertiary/aromatic N) is 3. The van der Waals surface area contributed by atoms with E-state index in [4.69, 9.17) is 4.74 Å². The Labute approximate surface area is 190 Å². The van der Waals surface area contributed by atoms with Crippen molar-refractivity contribution >= 4 is 23.4 Å². The molecular formula is C23H26F2N4O2S. The molecule has 170 valence electrons. The number of amides is 1. The maximum absolute atomic E-state index is 13.5. The molecule has 6 nitrogen and oxygen atoms in total. The molecule has 0 aliphatic heterocycles. The second kappa shape index (κ2) is 10.6. The van der Waals surface area contributed by atoms with Crippen molar-refractivity contribution in [3.63, 3.8) is 0 Å². The second-order valence-corrected chi connectivity index (χ2v) is 8.80.